The van der Waals surface area contributed by atoms with E-state index in [-0.39, 0.29) is 11.7 Å². The number of rotatable bonds is 4. The predicted molar refractivity (Wildman–Crippen MR) is 68.2 cm³/mol. The average Bonchev–Trinajstić information content (AvgIpc) is 2.15. The number of hydrogen-bond donors (Lipinski definition) is 0. The summed E-state index contributed by atoms with van der Waals surface area (Å²) in [6.45, 7) is 4.64. The Labute approximate surface area is 102 Å². The third kappa shape index (κ3) is 3.32. The summed E-state index contributed by atoms with van der Waals surface area (Å²) in [5, 5.41) is 0.675. The van der Waals surface area contributed by atoms with E-state index in [0.29, 0.717) is 5.02 Å². The van der Waals surface area contributed by atoms with Gasteiger partial charge in [0.15, 0.2) is 5.78 Å². The molecule has 1 rings (SSSR count). The van der Waals surface area contributed by atoms with Crippen molar-refractivity contribution in [1.29, 1.82) is 0 Å². The van der Waals surface area contributed by atoms with Gasteiger partial charge in [0.2, 0.25) is 0 Å². The van der Waals surface area contributed by atoms with Gasteiger partial charge in [-0.2, -0.15) is 0 Å². The Kier molecular flexibility index (Phi) is 4.51. The molecule has 0 saturated heterocycles. The van der Waals surface area contributed by atoms with Gasteiger partial charge in [-0.1, -0.05) is 18.5 Å². The maximum Gasteiger partial charge on any atom is 0.167 e. The third-order valence-corrected chi connectivity index (χ3v) is 2.78. The van der Waals surface area contributed by atoms with Gasteiger partial charge in [0, 0.05) is 23.0 Å². The van der Waals surface area contributed by atoms with Gasteiger partial charge < -0.3 is 4.90 Å². The lowest BCUT2D eigenvalue weighted by molar-refractivity contribution is 0.0909. The van der Waals surface area contributed by atoms with Crippen LogP contribution in [-0.2, 0) is 0 Å². The van der Waals surface area contributed by atoms with E-state index in [0.717, 1.165) is 17.7 Å². The van der Waals surface area contributed by atoms with Crippen molar-refractivity contribution >= 4 is 17.4 Å². The second-order valence-corrected chi connectivity index (χ2v) is 4.92. The highest BCUT2D eigenvalue weighted by Crippen LogP contribution is 2.18. The van der Waals surface area contributed by atoms with Crippen LogP contribution in [0.5, 0.6) is 0 Å². The molecule has 0 aliphatic heterocycles. The highest BCUT2D eigenvalue weighted by molar-refractivity contribution is 6.30. The fourth-order valence-corrected chi connectivity index (χ4v) is 2.03. The molecule has 16 heavy (non-hydrogen) atoms. The summed E-state index contributed by atoms with van der Waals surface area (Å²) >= 11 is 5.87. The molecule has 0 radical (unpaired) electrons. The number of hydrogen-bond acceptors (Lipinski definition) is 2. The molecule has 3 heteroatoms. The minimum Gasteiger partial charge on any atom is -0.309 e. The number of carbonyl (C=O) groups excluding carboxylic acids is 1. The quantitative estimate of drug-likeness (QED) is 0.753. The van der Waals surface area contributed by atoms with Crippen LogP contribution in [0.3, 0.4) is 0 Å². The molecule has 0 aliphatic carbocycles. The molecule has 88 valence electrons. The second kappa shape index (κ2) is 5.46. The lowest BCUT2D eigenvalue weighted by Crippen LogP contribution is -2.26. The van der Waals surface area contributed by atoms with Crippen molar-refractivity contribution in [2.45, 2.75) is 13.8 Å². The number of nitrogens with zero attached hydrogens (tertiary/aromatic N) is 1. The van der Waals surface area contributed by atoms with Crippen LogP contribution in [0, 0.1) is 12.8 Å². The largest absolute Gasteiger partial charge is 0.309 e. The topological polar surface area (TPSA) is 20.3 Å². The summed E-state index contributed by atoms with van der Waals surface area (Å²) in [6.07, 6.45) is 0. The first-order valence-electron chi connectivity index (χ1n) is 5.37. The molecular weight excluding hydrogens is 222 g/mol. The van der Waals surface area contributed by atoms with E-state index < -0.39 is 0 Å². The Bertz CT molecular complexity index is 388. The summed E-state index contributed by atoms with van der Waals surface area (Å²) in [4.78, 5) is 14.2. The summed E-state index contributed by atoms with van der Waals surface area (Å²) < 4.78 is 0. The molecule has 0 bridgehead atoms. The molecule has 0 spiro atoms. The normalized spacial score (nSPS) is 12.9. The van der Waals surface area contributed by atoms with Crippen LogP contribution in [0.1, 0.15) is 22.8 Å². The summed E-state index contributed by atoms with van der Waals surface area (Å²) in [7, 11) is 3.94. The number of carbonyl (C=O) groups is 1. The van der Waals surface area contributed by atoms with Crippen LogP contribution < -0.4 is 0 Å². The van der Waals surface area contributed by atoms with Crippen molar-refractivity contribution in [3.05, 3.63) is 34.3 Å². The molecule has 0 fully saturated rings. The molecule has 0 heterocycles. The Morgan fingerprint density at radius 3 is 2.56 bits per heavy atom. The van der Waals surface area contributed by atoms with Crippen molar-refractivity contribution in [2.24, 2.45) is 5.92 Å². The van der Waals surface area contributed by atoms with Gasteiger partial charge in [-0.25, -0.2) is 0 Å². The Balaban J connectivity index is 2.88. The summed E-state index contributed by atoms with van der Waals surface area (Å²) in [5.41, 5.74) is 1.72. The third-order valence-electron chi connectivity index (χ3n) is 2.54. The smallest absolute Gasteiger partial charge is 0.167 e. The lowest BCUT2D eigenvalue weighted by atomic mass is 9.95. The minimum atomic E-state index is 0.00914. The number of aryl methyl sites for hydroxylation is 1. The molecule has 1 unspecified atom stereocenters. The van der Waals surface area contributed by atoms with E-state index >= 15 is 0 Å². The van der Waals surface area contributed by atoms with Gasteiger partial charge in [-0.15, -0.1) is 0 Å². The van der Waals surface area contributed by atoms with Crippen LogP contribution in [0.25, 0.3) is 0 Å². The van der Waals surface area contributed by atoms with Crippen LogP contribution in [-0.4, -0.2) is 31.3 Å². The summed E-state index contributed by atoms with van der Waals surface area (Å²) in [6, 6.07) is 5.41. The van der Waals surface area contributed by atoms with Crippen molar-refractivity contribution in [1.82, 2.24) is 4.90 Å². The predicted octanol–water partition coefficient (Wildman–Crippen LogP) is 3.03. The summed E-state index contributed by atoms with van der Waals surface area (Å²) in [5.74, 6) is 0.192. The van der Waals surface area contributed by atoms with Crippen LogP contribution in [0.4, 0.5) is 0 Å². The molecule has 0 aromatic heterocycles. The van der Waals surface area contributed by atoms with Gasteiger partial charge in [0.25, 0.3) is 0 Å². The maximum absolute atomic E-state index is 12.1. The molecule has 1 aromatic rings. The van der Waals surface area contributed by atoms with E-state index in [1.165, 1.54) is 0 Å². The van der Waals surface area contributed by atoms with Gasteiger partial charge >= 0.3 is 0 Å². The van der Waals surface area contributed by atoms with Crippen LogP contribution >= 0.6 is 11.6 Å². The van der Waals surface area contributed by atoms with E-state index in [2.05, 4.69) is 0 Å². The molecule has 1 atom stereocenters. The fourth-order valence-electron chi connectivity index (χ4n) is 1.80. The zero-order valence-corrected chi connectivity index (χ0v) is 11.0. The molecule has 0 N–H and O–H groups in total. The number of halogens is 1. The second-order valence-electron chi connectivity index (χ2n) is 4.49. The number of Topliss-reactive ketones (excluding diaryl/α,β-unsaturated/α-hetero) is 1. The van der Waals surface area contributed by atoms with Gasteiger partial charge in [0.05, 0.1) is 0 Å². The Morgan fingerprint density at radius 1 is 1.44 bits per heavy atom. The Morgan fingerprint density at radius 2 is 2.06 bits per heavy atom. The lowest BCUT2D eigenvalue weighted by Gasteiger charge is -2.16. The molecule has 2 nitrogen and oxygen atoms in total. The highest BCUT2D eigenvalue weighted by Gasteiger charge is 2.17. The molecule has 0 aliphatic rings. The van der Waals surface area contributed by atoms with Crippen molar-refractivity contribution in [3.63, 3.8) is 0 Å². The zero-order valence-electron chi connectivity index (χ0n) is 10.2. The minimum absolute atomic E-state index is 0.00914. The molecular formula is C13H18ClNO. The van der Waals surface area contributed by atoms with E-state index in [1.54, 1.807) is 6.07 Å². The standard InChI is InChI=1S/C13H18ClNO/c1-9-7-11(14)5-6-12(9)13(16)10(2)8-15(3)4/h5-7,10H,8H2,1-4H3. The maximum atomic E-state index is 12.1. The van der Waals surface area contributed by atoms with E-state index in [9.17, 15) is 4.79 Å². The monoisotopic (exact) mass is 239 g/mol. The Hall–Kier alpha value is -0.860. The van der Waals surface area contributed by atoms with Crippen molar-refractivity contribution in [3.8, 4) is 0 Å². The van der Waals surface area contributed by atoms with Crippen LogP contribution in [0.2, 0.25) is 5.02 Å². The fraction of sp³-hybridized carbons (Fsp3) is 0.462. The van der Waals surface area contributed by atoms with E-state index in [1.807, 2.05) is 45.0 Å². The highest BCUT2D eigenvalue weighted by atomic mass is 35.5. The van der Waals surface area contributed by atoms with Crippen molar-refractivity contribution in [2.75, 3.05) is 20.6 Å². The molecule has 1 aromatic carbocycles. The average molecular weight is 240 g/mol. The molecule has 0 saturated carbocycles. The van der Waals surface area contributed by atoms with Gasteiger partial charge in [0.1, 0.15) is 0 Å². The first-order valence-corrected chi connectivity index (χ1v) is 5.74. The number of benzene rings is 1. The van der Waals surface area contributed by atoms with Crippen LogP contribution in [0.15, 0.2) is 18.2 Å². The van der Waals surface area contributed by atoms with Gasteiger partial charge in [-0.05, 0) is 44.8 Å². The first kappa shape index (κ1) is 13.2. The number of ketones is 1. The molecule has 0 amide bonds. The van der Waals surface area contributed by atoms with E-state index in [4.69, 9.17) is 11.6 Å². The first-order chi connectivity index (χ1) is 7.41. The SMILES string of the molecule is Cc1cc(Cl)ccc1C(=O)C(C)CN(C)C. The van der Waals surface area contributed by atoms with Crippen molar-refractivity contribution < 1.29 is 4.79 Å². The van der Waals surface area contributed by atoms with Gasteiger partial charge in [-0.3, -0.25) is 4.79 Å². The zero-order chi connectivity index (χ0) is 12.3.